The second-order valence-electron chi connectivity index (χ2n) is 5.64. The molecule has 0 radical (unpaired) electrons. The Morgan fingerprint density at radius 3 is 2.74 bits per heavy atom. The molecule has 0 saturated carbocycles. The first kappa shape index (κ1) is 13.0. The highest BCUT2D eigenvalue weighted by Gasteiger charge is 2.37. The maximum absolute atomic E-state index is 13.0. The van der Waals surface area contributed by atoms with Gasteiger partial charge in [-0.25, -0.2) is 0 Å². The van der Waals surface area contributed by atoms with E-state index < -0.39 is 11.7 Å². The van der Waals surface area contributed by atoms with E-state index in [-0.39, 0.29) is 0 Å². The topological polar surface area (TPSA) is 12.0 Å². The molecule has 2 aliphatic rings. The Labute approximate surface area is 111 Å². The minimum atomic E-state index is -4.22. The molecule has 0 bridgehead atoms. The van der Waals surface area contributed by atoms with Crippen LogP contribution in [0, 0.1) is 0 Å². The van der Waals surface area contributed by atoms with Gasteiger partial charge in [0.2, 0.25) is 0 Å². The minimum absolute atomic E-state index is 0.299. The number of alkyl halides is 3. The fourth-order valence-electron chi connectivity index (χ4n) is 3.55. The van der Waals surface area contributed by atoms with Gasteiger partial charge in [-0.1, -0.05) is 12.1 Å². The van der Waals surface area contributed by atoms with Gasteiger partial charge in [0.25, 0.3) is 0 Å². The van der Waals surface area contributed by atoms with Crippen molar-refractivity contribution in [3.63, 3.8) is 0 Å². The van der Waals surface area contributed by atoms with Crippen LogP contribution in [-0.2, 0) is 12.6 Å². The Hall–Kier alpha value is -1.03. The van der Waals surface area contributed by atoms with E-state index >= 15 is 0 Å². The zero-order chi connectivity index (χ0) is 13.5. The van der Waals surface area contributed by atoms with Crippen LogP contribution in [0.25, 0.3) is 0 Å². The van der Waals surface area contributed by atoms with Gasteiger partial charge < -0.3 is 5.32 Å². The summed E-state index contributed by atoms with van der Waals surface area (Å²) < 4.78 is 38.9. The predicted molar refractivity (Wildman–Crippen MR) is 68.1 cm³/mol. The highest BCUT2D eigenvalue weighted by Crippen LogP contribution is 2.43. The molecule has 0 spiro atoms. The molecule has 3 rings (SSSR count). The van der Waals surface area contributed by atoms with Gasteiger partial charge in [-0.05, 0) is 61.8 Å². The lowest BCUT2D eigenvalue weighted by atomic mass is 9.92. The molecule has 1 heterocycles. The van der Waals surface area contributed by atoms with Crippen molar-refractivity contribution in [2.45, 2.75) is 50.2 Å². The first-order chi connectivity index (χ1) is 9.05. The summed E-state index contributed by atoms with van der Waals surface area (Å²) in [5.41, 5.74) is 1.05. The molecule has 104 valence electrons. The smallest absolute Gasteiger partial charge is 0.314 e. The summed E-state index contributed by atoms with van der Waals surface area (Å²) in [4.78, 5) is 0. The zero-order valence-corrected chi connectivity index (χ0v) is 10.8. The van der Waals surface area contributed by atoms with Crippen LogP contribution in [0.1, 0.15) is 48.3 Å². The Morgan fingerprint density at radius 1 is 1.21 bits per heavy atom. The largest absolute Gasteiger partial charge is 0.416 e. The average Bonchev–Trinajstić information content (AvgIpc) is 2.98. The highest BCUT2D eigenvalue weighted by atomic mass is 19.4. The van der Waals surface area contributed by atoms with Crippen LogP contribution in [0.5, 0.6) is 0 Å². The average molecular weight is 269 g/mol. The lowest BCUT2D eigenvalue weighted by Crippen LogP contribution is -2.23. The SMILES string of the molecule is FC(F)(F)c1cccc2c1CCC2CC1CCCN1. The molecule has 2 atom stereocenters. The van der Waals surface area contributed by atoms with E-state index in [2.05, 4.69) is 5.32 Å². The van der Waals surface area contributed by atoms with Crippen molar-refractivity contribution in [1.29, 1.82) is 0 Å². The molecule has 1 saturated heterocycles. The summed E-state index contributed by atoms with van der Waals surface area (Å²) >= 11 is 0. The molecule has 1 aliphatic carbocycles. The predicted octanol–water partition coefficient (Wildman–Crippen LogP) is 3.88. The third kappa shape index (κ3) is 2.50. The Balaban J connectivity index is 1.84. The van der Waals surface area contributed by atoms with Gasteiger partial charge in [-0.2, -0.15) is 13.2 Å². The summed E-state index contributed by atoms with van der Waals surface area (Å²) in [5.74, 6) is 0.299. The summed E-state index contributed by atoms with van der Waals surface area (Å²) in [6, 6.07) is 5.15. The molecule has 1 nitrogen and oxygen atoms in total. The molecular weight excluding hydrogens is 251 g/mol. The summed E-state index contributed by atoms with van der Waals surface area (Å²) in [7, 11) is 0. The van der Waals surface area contributed by atoms with E-state index in [1.807, 2.05) is 6.07 Å². The van der Waals surface area contributed by atoms with Crippen molar-refractivity contribution in [3.05, 3.63) is 34.9 Å². The molecule has 1 fully saturated rings. The maximum atomic E-state index is 13.0. The molecule has 1 aromatic rings. The van der Waals surface area contributed by atoms with E-state index in [1.54, 1.807) is 6.07 Å². The van der Waals surface area contributed by atoms with E-state index in [0.29, 0.717) is 23.9 Å². The van der Waals surface area contributed by atoms with Crippen molar-refractivity contribution < 1.29 is 13.2 Å². The quantitative estimate of drug-likeness (QED) is 0.859. The Bertz CT molecular complexity index is 461. The molecule has 1 N–H and O–H groups in total. The van der Waals surface area contributed by atoms with E-state index in [9.17, 15) is 13.2 Å². The van der Waals surface area contributed by atoms with Crippen LogP contribution in [0.3, 0.4) is 0 Å². The molecule has 0 aromatic heterocycles. The van der Waals surface area contributed by atoms with Crippen molar-refractivity contribution in [2.24, 2.45) is 0 Å². The van der Waals surface area contributed by atoms with Gasteiger partial charge in [0.05, 0.1) is 5.56 Å². The summed E-state index contributed by atoms with van der Waals surface area (Å²) in [5, 5.41) is 3.44. The number of nitrogens with one attached hydrogen (secondary N) is 1. The van der Waals surface area contributed by atoms with Gasteiger partial charge in [0, 0.05) is 6.04 Å². The molecule has 19 heavy (non-hydrogen) atoms. The second-order valence-corrected chi connectivity index (χ2v) is 5.64. The van der Waals surface area contributed by atoms with Crippen LogP contribution in [0.2, 0.25) is 0 Å². The zero-order valence-electron chi connectivity index (χ0n) is 10.8. The van der Waals surface area contributed by atoms with Crippen LogP contribution in [0.15, 0.2) is 18.2 Å². The van der Waals surface area contributed by atoms with Gasteiger partial charge in [0.1, 0.15) is 0 Å². The van der Waals surface area contributed by atoms with Crippen molar-refractivity contribution >= 4 is 0 Å². The lowest BCUT2D eigenvalue weighted by Gasteiger charge is -2.18. The number of rotatable bonds is 2. The fraction of sp³-hybridized carbons (Fsp3) is 0.600. The lowest BCUT2D eigenvalue weighted by molar-refractivity contribution is -0.138. The van der Waals surface area contributed by atoms with Gasteiger partial charge in [-0.3, -0.25) is 0 Å². The maximum Gasteiger partial charge on any atom is 0.416 e. The molecular formula is C15H18F3N. The molecule has 2 unspecified atom stereocenters. The highest BCUT2D eigenvalue weighted by molar-refractivity contribution is 5.42. The number of fused-ring (bicyclic) bond motifs is 1. The Morgan fingerprint density at radius 2 is 2.05 bits per heavy atom. The minimum Gasteiger partial charge on any atom is -0.314 e. The number of hydrogen-bond acceptors (Lipinski definition) is 1. The third-order valence-corrected chi connectivity index (χ3v) is 4.43. The fourth-order valence-corrected chi connectivity index (χ4v) is 3.55. The standard InChI is InChI=1S/C15H18F3N/c16-15(17,18)14-5-1-4-12-10(6-7-13(12)14)9-11-3-2-8-19-11/h1,4-5,10-11,19H,2-3,6-9H2. The van der Waals surface area contributed by atoms with E-state index in [0.717, 1.165) is 31.4 Å². The van der Waals surface area contributed by atoms with E-state index in [4.69, 9.17) is 0 Å². The normalized spacial score (nSPS) is 26.7. The molecule has 1 aliphatic heterocycles. The van der Waals surface area contributed by atoms with Crippen LogP contribution in [0.4, 0.5) is 13.2 Å². The van der Waals surface area contributed by atoms with E-state index in [1.165, 1.54) is 12.5 Å². The molecule has 1 aromatic carbocycles. The number of hydrogen-bond donors (Lipinski definition) is 1. The number of benzene rings is 1. The van der Waals surface area contributed by atoms with Crippen LogP contribution in [-0.4, -0.2) is 12.6 Å². The first-order valence-corrected chi connectivity index (χ1v) is 6.98. The van der Waals surface area contributed by atoms with Crippen LogP contribution < -0.4 is 5.32 Å². The van der Waals surface area contributed by atoms with Gasteiger partial charge in [0.15, 0.2) is 0 Å². The van der Waals surface area contributed by atoms with Crippen molar-refractivity contribution in [3.8, 4) is 0 Å². The summed E-state index contributed by atoms with van der Waals surface area (Å²) in [6.07, 6.45) is 0.542. The van der Waals surface area contributed by atoms with Crippen LogP contribution >= 0.6 is 0 Å². The number of halogens is 3. The Kier molecular flexibility index (Phi) is 3.29. The summed E-state index contributed by atoms with van der Waals surface area (Å²) in [6.45, 7) is 1.05. The molecule has 0 amide bonds. The first-order valence-electron chi connectivity index (χ1n) is 6.98. The van der Waals surface area contributed by atoms with Crippen molar-refractivity contribution in [1.82, 2.24) is 5.32 Å². The molecule has 4 heteroatoms. The van der Waals surface area contributed by atoms with Crippen molar-refractivity contribution in [2.75, 3.05) is 6.54 Å². The second kappa shape index (κ2) is 4.82. The van der Waals surface area contributed by atoms with Gasteiger partial charge in [-0.15, -0.1) is 0 Å². The van der Waals surface area contributed by atoms with Gasteiger partial charge >= 0.3 is 6.18 Å². The monoisotopic (exact) mass is 269 g/mol. The third-order valence-electron chi connectivity index (χ3n) is 4.43.